The summed E-state index contributed by atoms with van der Waals surface area (Å²) in [6.45, 7) is 7.72. The second-order valence-corrected chi connectivity index (χ2v) is 7.97. The predicted octanol–water partition coefficient (Wildman–Crippen LogP) is 2.00. The fourth-order valence-corrected chi connectivity index (χ4v) is 2.90. The van der Waals surface area contributed by atoms with E-state index in [-0.39, 0.29) is 17.2 Å². The van der Waals surface area contributed by atoms with E-state index < -0.39 is 0 Å². The van der Waals surface area contributed by atoms with Crippen LogP contribution in [0.2, 0.25) is 0 Å². The highest BCUT2D eigenvalue weighted by Crippen LogP contribution is 2.21. The first kappa shape index (κ1) is 20.6. The second-order valence-electron chi connectivity index (χ2n) is 7.97. The van der Waals surface area contributed by atoms with Crippen molar-refractivity contribution in [2.75, 3.05) is 26.0 Å². The van der Waals surface area contributed by atoms with E-state index in [1.165, 1.54) is 11.1 Å². The lowest BCUT2D eigenvalue weighted by molar-refractivity contribution is -0.885. The number of benzene rings is 2. The summed E-state index contributed by atoms with van der Waals surface area (Å²) >= 11 is 0. The summed E-state index contributed by atoms with van der Waals surface area (Å²) in [6.07, 6.45) is 0. The molecule has 0 aliphatic carbocycles. The molecule has 3 N–H and O–H groups in total. The first-order chi connectivity index (χ1) is 12.7. The molecule has 0 spiro atoms. The van der Waals surface area contributed by atoms with Crippen molar-refractivity contribution in [3.05, 3.63) is 65.2 Å². The molecule has 2 amide bonds. The lowest BCUT2D eigenvalue weighted by Gasteiger charge is -2.19. The number of likely N-dealkylation sites (N-methyl/N-ethyl adjacent to an activating group) is 1. The van der Waals surface area contributed by atoms with Gasteiger partial charge in [0.15, 0.2) is 6.54 Å². The maximum absolute atomic E-state index is 12.3. The zero-order chi connectivity index (χ0) is 20.0. The molecule has 0 saturated heterocycles. The fraction of sp³-hybridized carbons (Fsp3) is 0.364. The number of hydrogen-bond acceptors (Lipinski definition) is 2. The highest BCUT2D eigenvalue weighted by molar-refractivity contribution is 5.97. The average molecular weight is 369 g/mol. The van der Waals surface area contributed by atoms with E-state index in [4.69, 9.17) is 0 Å². The molecule has 27 heavy (non-hydrogen) atoms. The summed E-state index contributed by atoms with van der Waals surface area (Å²) in [7, 11) is 3.58. The molecule has 2 aromatic carbocycles. The standard InChI is InChI=1S/C22H29N3O2/c1-22(2,3)18-11-9-16(10-12-18)14-25(5)15-20(26)24-19-8-6-7-17(13-19)21(27)23-4/h6-13H,14-15H2,1-5H3,(H,23,27)(H,24,26)/p+1. The summed E-state index contributed by atoms with van der Waals surface area (Å²) in [5, 5.41) is 5.45. The minimum atomic E-state index is -0.174. The topological polar surface area (TPSA) is 62.6 Å². The van der Waals surface area contributed by atoms with Crippen LogP contribution in [-0.2, 0) is 16.8 Å². The van der Waals surface area contributed by atoms with E-state index in [0.29, 0.717) is 17.8 Å². The molecular weight excluding hydrogens is 338 g/mol. The third-order valence-corrected chi connectivity index (χ3v) is 4.42. The van der Waals surface area contributed by atoms with Gasteiger partial charge in [-0.1, -0.05) is 51.1 Å². The molecule has 0 saturated carbocycles. The van der Waals surface area contributed by atoms with E-state index in [1.54, 1.807) is 31.3 Å². The number of quaternary nitrogens is 1. The van der Waals surface area contributed by atoms with E-state index in [9.17, 15) is 9.59 Å². The first-order valence-corrected chi connectivity index (χ1v) is 9.22. The molecule has 5 nitrogen and oxygen atoms in total. The molecular formula is C22H30N3O2+. The van der Waals surface area contributed by atoms with E-state index in [0.717, 1.165) is 11.4 Å². The van der Waals surface area contributed by atoms with Gasteiger partial charge in [-0.05, 0) is 29.2 Å². The first-order valence-electron chi connectivity index (χ1n) is 9.22. The zero-order valence-corrected chi connectivity index (χ0v) is 16.8. The van der Waals surface area contributed by atoms with Crippen molar-refractivity contribution in [2.24, 2.45) is 0 Å². The van der Waals surface area contributed by atoms with Crippen molar-refractivity contribution in [3.63, 3.8) is 0 Å². The average Bonchev–Trinajstić information content (AvgIpc) is 2.60. The molecule has 0 radical (unpaired) electrons. The minimum absolute atomic E-state index is 0.0760. The number of amides is 2. The largest absolute Gasteiger partial charge is 0.355 e. The molecule has 0 aliphatic heterocycles. The van der Waals surface area contributed by atoms with Crippen molar-refractivity contribution < 1.29 is 14.5 Å². The van der Waals surface area contributed by atoms with Crippen LogP contribution in [0.3, 0.4) is 0 Å². The van der Waals surface area contributed by atoms with Gasteiger partial charge in [0, 0.05) is 23.9 Å². The summed E-state index contributed by atoms with van der Waals surface area (Å²) in [5.41, 5.74) is 3.80. The fourth-order valence-electron chi connectivity index (χ4n) is 2.90. The number of carbonyl (C=O) groups is 2. The second kappa shape index (κ2) is 8.82. The van der Waals surface area contributed by atoms with Crippen molar-refractivity contribution in [1.82, 2.24) is 5.32 Å². The normalized spacial score (nSPS) is 12.3. The van der Waals surface area contributed by atoms with Crippen LogP contribution in [0, 0.1) is 0 Å². The van der Waals surface area contributed by atoms with Crippen LogP contribution in [-0.4, -0.2) is 32.5 Å². The molecule has 2 rings (SSSR count). The number of rotatable bonds is 6. The summed E-state index contributed by atoms with van der Waals surface area (Å²) in [4.78, 5) is 25.1. The van der Waals surface area contributed by atoms with E-state index in [1.807, 2.05) is 7.05 Å². The monoisotopic (exact) mass is 368 g/mol. The van der Waals surface area contributed by atoms with Crippen LogP contribution in [0.15, 0.2) is 48.5 Å². The van der Waals surface area contributed by atoms with E-state index in [2.05, 4.69) is 55.7 Å². The van der Waals surface area contributed by atoms with Gasteiger partial charge in [-0.2, -0.15) is 0 Å². The number of carbonyl (C=O) groups excluding carboxylic acids is 2. The van der Waals surface area contributed by atoms with Crippen LogP contribution in [0.1, 0.15) is 42.3 Å². The third kappa shape index (κ3) is 6.22. The Balaban J connectivity index is 1.91. The molecule has 1 atom stereocenters. The SMILES string of the molecule is CNC(=O)c1cccc(NC(=O)C[NH+](C)Cc2ccc(C(C)(C)C)cc2)c1. The van der Waals surface area contributed by atoms with Gasteiger partial charge >= 0.3 is 0 Å². The van der Waals surface area contributed by atoms with Gasteiger partial charge in [0.1, 0.15) is 6.54 Å². The molecule has 0 bridgehead atoms. The van der Waals surface area contributed by atoms with Crippen LogP contribution >= 0.6 is 0 Å². The minimum Gasteiger partial charge on any atom is -0.355 e. The maximum atomic E-state index is 12.3. The molecule has 0 aromatic heterocycles. The third-order valence-electron chi connectivity index (χ3n) is 4.42. The molecule has 5 heteroatoms. The summed E-state index contributed by atoms with van der Waals surface area (Å²) in [5.74, 6) is -0.250. The Labute approximate surface area is 161 Å². The van der Waals surface area contributed by atoms with Gasteiger partial charge in [-0.25, -0.2) is 0 Å². The van der Waals surface area contributed by atoms with Crippen molar-refractivity contribution >= 4 is 17.5 Å². The van der Waals surface area contributed by atoms with Gasteiger partial charge in [0.05, 0.1) is 7.05 Å². The summed E-state index contributed by atoms with van der Waals surface area (Å²) in [6, 6.07) is 15.5. The Morgan fingerprint density at radius 1 is 1.04 bits per heavy atom. The Kier molecular flexibility index (Phi) is 6.75. The van der Waals surface area contributed by atoms with Crippen LogP contribution < -0.4 is 15.5 Å². The van der Waals surface area contributed by atoms with Crippen LogP contribution in [0.4, 0.5) is 5.69 Å². The quantitative estimate of drug-likeness (QED) is 0.730. The van der Waals surface area contributed by atoms with Gasteiger partial charge in [0.25, 0.3) is 11.8 Å². The van der Waals surface area contributed by atoms with Crippen molar-refractivity contribution in [3.8, 4) is 0 Å². The Hall–Kier alpha value is -2.66. The molecule has 0 fully saturated rings. The van der Waals surface area contributed by atoms with Crippen LogP contribution in [0.5, 0.6) is 0 Å². The van der Waals surface area contributed by atoms with Gasteiger partial charge in [-0.15, -0.1) is 0 Å². The summed E-state index contributed by atoms with van der Waals surface area (Å²) < 4.78 is 0. The maximum Gasteiger partial charge on any atom is 0.279 e. The Bertz CT molecular complexity index is 792. The highest BCUT2D eigenvalue weighted by atomic mass is 16.2. The molecule has 1 unspecified atom stereocenters. The molecule has 144 valence electrons. The van der Waals surface area contributed by atoms with Gasteiger partial charge in [0.2, 0.25) is 0 Å². The molecule has 0 heterocycles. The van der Waals surface area contributed by atoms with Crippen molar-refractivity contribution in [1.29, 1.82) is 0 Å². The lowest BCUT2D eigenvalue weighted by atomic mass is 9.87. The zero-order valence-electron chi connectivity index (χ0n) is 16.8. The Morgan fingerprint density at radius 3 is 2.30 bits per heavy atom. The van der Waals surface area contributed by atoms with Gasteiger partial charge in [-0.3, -0.25) is 9.59 Å². The lowest BCUT2D eigenvalue weighted by Crippen LogP contribution is -3.08. The number of anilines is 1. The predicted molar refractivity (Wildman–Crippen MR) is 109 cm³/mol. The van der Waals surface area contributed by atoms with Crippen LogP contribution in [0.25, 0.3) is 0 Å². The smallest absolute Gasteiger partial charge is 0.279 e. The number of nitrogens with one attached hydrogen (secondary N) is 3. The van der Waals surface area contributed by atoms with E-state index >= 15 is 0 Å². The Morgan fingerprint density at radius 2 is 1.70 bits per heavy atom. The van der Waals surface area contributed by atoms with Gasteiger partial charge < -0.3 is 15.5 Å². The molecule has 2 aromatic rings. The van der Waals surface area contributed by atoms with Crippen molar-refractivity contribution in [2.45, 2.75) is 32.7 Å². The highest BCUT2D eigenvalue weighted by Gasteiger charge is 2.15. The number of hydrogen-bond donors (Lipinski definition) is 3. The molecule has 0 aliphatic rings.